The van der Waals surface area contributed by atoms with Crippen LogP contribution in [0.15, 0.2) is 109 Å². The van der Waals surface area contributed by atoms with Crippen molar-refractivity contribution >= 4 is 34.8 Å². The topological polar surface area (TPSA) is 0 Å². The highest BCUT2D eigenvalue weighted by Crippen LogP contribution is 2.26. The van der Waals surface area contributed by atoms with Gasteiger partial charge in [-0.15, -0.1) is 0 Å². The van der Waals surface area contributed by atoms with Gasteiger partial charge in [-0.1, -0.05) is 223 Å². The first-order valence-electron chi connectivity index (χ1n) is 22.5. The molecule has 62 heavy (non-hydrogen) atoms. The van der Waals surface area contributed by atoms with Crippen LogP contribution in [0.1, 0.15) is 154 Å². The largest absolute Gasteiger partial charge is 0.0843 e. The highest BCUT2D eigenvalue weighted by atomic mass is 35.5. The molecule has 0 spiro atoms. The van der Waals surface area contributed by atoms with Crippen molar-refractivity contribution in [2.24, 2.45) is 27.1 Å². The van der Waals surface area contributed by atoms with Crippen molar-refractivity contribution in [3.05, 3.63) is 174 Å². The molecule has 0 amide bonds. The molecule has 0 aliphatic carbocycles. The van der Waals surface area contributed by atoms with Crippen LogP contribution in [0.4, 0.5) is 0 Å². The van der Waals surface area contributed by atoms with Gasteiger partial charge in [0.25, 0.3) is 0 Å². The molecule has 0 aliphatic rings. The highest BCUT2D eigenvalue weighted by Gasteiger charge is 2.14. The molecule has 0 unspecified atom stereocenters. The van der Waals surface area contributed by atoms with E-state index in [0.717, 1.165) is 47.2 Å². The van der Waals surface area contributed by atoms with E-state index in [1.54, 1.807) is 0 Å². The smallest absolute Gasteiger partial charge is 0.0411 e. The van der Waals surface area contributed by atoms with Gasteiger partial charge in [0.2, 0.25) is 0 Å². The van der Waals surface area contributed by atoms with Crippen LogP contribution in [0.3, 0.4) is 0 Å². The zero-order valence-corrected chi connectivity index (χ0v) is 44.8. The van der Waals surface area contributed by atoms with E-state index >= 15 is 0 Å². The lowest BCUT2D eigenvalue weighted by molar-refractivity contribution is 0.411. The molecule has 0 nitrogen and oxygen atoms in total. The maximum absolute atomic E-state index is 5.98. The van der Waals surface area contributed by atoms with Gasteiger partial charge in [-0.25, -0.2) is 0 Å². The predicted molar refractivity (Wildman–Crippen MR) is 282 cm³/mol. The summed E-state index contributed by atoms with van der Waals surface area (Å²) in [5.74, 6) is 0. The Bertz CT molecular complexity index is 1810. The molecule has 0 atom stereocenters. The van der Waals surface area contributed by atoms with Gasteiger partial charge < -0.3 is 0 Å². The van der Waals surface area contributed by atoms with Crippen molar-refractivity contribution in [1.82, 2.24) is 0 Å². The molecule has 0 N–H and O–H groups in total. The quantitative estimate of drug-likeness (QED) is 0.165. The summed E-state index contributed by atoms with van der Waals surface area (Å²) in [5, 5.41) is 2.52. The van der Waals surface area contributed by atoms with Gasteiger partial charge >= 0.3 is 0 Å². The number of hydrogen-bond donors (Lipinski definition) is 0. The number of halogens is 3. The maximum atomic E-state index is 5.98. The van der Waals surface area contributed by atoms with E-state index in [1.165, 1.54) is 50.1 Å². The highest BCUT2D eigenvalue weighted by molar-refractivity contribution is 6.31. The number of rotatable bonds is 5. The average molecular weight is 901 g/mol. The first-order chi connectivity index (χ1) is 28.1. The molecular weight excluding hydrogens is 815 g/mol. The van der Waals surface area contributed by atoms with Crippen LogP contribution in [-0.4, -0.2) is 0 Å². The molecular formula is C59H85Cl3. The fourth-order valence-corrected chi connectivity index (χ4v) is 8.02. The molecule has 0 aliphatic heterocycles. The molecule has 0 aromatic heterocycles. The van der Waals surface area contributed by atoms with Crippen molar-refractivity contribution < 1.29 is 0 Å². The zero-order chi connectivity index (χ0) is 47.7. The number of aryl methyl sites for hydroxylation is 4. The van der Waals surface area contributed by atoms with Crippen LogP contribution in [-0.2, 0) is 32.1 Å². The van der Waals surface area contributed by atoms with Crippen molar-refractivity contribution in [3.63, 3.8) is 0 Å². The summed E-state index contributed by atoms with van der Waals surface area (Å²) in [6.07, 6.45) is 5.56. The first kappa shape index (κ1) is 57.0. The van der Waals surface area contributed by atoms with E-state index in [-0.39, 0.29) is 0 Å². The summed E-state index contributed by atoms with van der Waals surface area (Å²) >= 11 is 17.8. The lowest BCUT2D eigenvalue weighted by atomic mass is 9.88. The number of benzene rings is 5. The lowest BCUT2D eigenvalue weighted by Crippen LogP contribution is -2.09. The maximum Gasteiger partial charge on any atom is 0.0411 e. The minimum absolute atomic E-state index is 0.330. The zero-order valence-electron chi connectivity index (χ0n) is 42.6. The van der Waals surface area contributed by atoms with Crippen LogP contribution < -0.4 is 0 Å². The van der Waals surface area contributed by atoms with Gasteiger partial charge in [-0.3, -0.25) is 0 Å². The van der Waals surface area contributed by atoms with E-state index < -0.39 is 0 Å². The van der Waals surface area contributed by atoms with Crippen molar-refractivity contribution in [2.75, 3.05) is 0 Å². The van der Waals surface area contributed by atoms with Gasteiger partial charge in [0.1, 0.15) is 0 Å². The van der Waals surface area contributed by atoms with E-state index in [9.17, 15) is 0 Å². The van der Waals surface area contributed by atoms with Crippen LogP contribution in [0, 0.1) is 54.8 Å². The Kier molecular flexibility index (Phi) is 23.4. The van der Waals surface area contributed by atoms with E-state index in [2.05, 4.69) is 210 Å². The monoisotopic (exact) mass is 899 g/mol. The standard InChI is InChI=1S/2C12H17Cl.2C12H18.C11H15Cl/c2*1-9-5-10(7-11(13)6-9)8-12(2,3)4;2*1-10-6-5-7-11(8-10)9-12(2,3)4;1-11(2,3)8-9-5-4-6-10(12)7-9/h2*5-7H,8H2,1-4H3;2*5-8H,9H2,1-4H3;4-7H,8H2,1-3H3. The molecule has 5 aromatic carbocycles. The summed E-state index contributed by atoms with van der Waals surface area (Å²) in [4.78, 5) is 0. The van der Waals surface area contributed by atoms with Gasteiger partial charge in [0, 0.05) is 15.1 Å². The third-order valence-corrected chi connectivity index (χ3v) is 9.60. The third-order valence-electron chi connectivity index (χ3n) is 8.93. The molecule has 5 aromatic rings. The Morgan fingerprint density at radius 1 is 0.274 bits per heavy atom. The molecule has 3 heteroatoms. The van der Waals surface area contributed by atoms with Crippen molar-refractivity contribution in [3.8, 4) is 0 Å². The van der Waals surface area contributed by atoms with Crippen LogP contribution in [0.2, 0.25) is 15.1 Å². The predicted octanol–water partition coefficient (Wildman–Crippen LogP) is 19.6. The summed E-state index contributed by atoms with van der Waals surface area (Å²) in [6, 6.07) is 38.1. The molecule has 0 heterocycles. The first-order valence-corrected chi connectivity index (χ1v) is 23.7. The van der Waals surface area contributed by atoms with Gasteiger partial charge in [0.05, 0.1) is 0 Å². The second-order valence-electron chi connectivity index (χ2n) is 23.6. The van der Waals surface area contributed by atoms with E-state index in [4.69, 9.17) is 34.8 Å². The van der Waals surface area contributed by atoms with Gasteiger partial charge in [-0.2, -0.15) is 0 Å². The van der Waals surface area contributed by atoms with Gasteiger partial charge in [0.15, 0.2) is 0 Å². The molecule has 5 rings (SSSR count). The Balaban J connectivity index is 0.000000388. The third kappa shape index (κ3) is 30.9. The van der Waals surface area contributed by atoms with E-state index in [1.807, 2.05) is 30.3 Å². The van der Waals surface area contributed by atoms with Crippen LogP contribution in [0.25, 0.3) is 0 Å². The fourth-order valence-electron chi connectivity index (χ4n) is 7.18. The summed E-state index contributed by atoms with van der Waals surface area (Å²) in [7, 11) is 0. The Morgan fingerprint density at radius 3 is 0.774 bits per heavy atom. The molecule has 0 fully saturated rings. The SMILES string of the molecule is CC(C)(C)Cc1cccc(Cl)c1.Cc1cc(Cl)cc(CC(C)(C)C)c1.Cc1cc(Cl)cc(CC(C)(C)C)c1.Cc1cccc(CC(C)(C)C)c1.Cc1cccc(CC(C)(C)C)c1. The Morgan fingerprint density at radius 2 is 0.516 bits per heavy atom. The Hall–Kier alpha value is -3.03. The molecule has 0 saturated heterocycles. The lowest BCUT2D eigenvalue weighted by Gasteiger charge is -2.18. The normalized spacial score (nSPS) is 11.7. The summed E-state index contributed by atoms with van der Waals surface area (Å²) < 4.78 is 0. The van der Waals surface area contributed by atoms with Gasteiger partial charge in [-0.05, 0) is 162 Å². The van der Waals surface area contributed by atoms with Crippen LogP contribution in [0.5, 0.6) is 0 Å². The second kappa shape index (κ2) is 25.5. The molecule has 0 bridgehead atoms. The average Bonchev–Trinajstić information content (AvgIpc) is 3.01. The van der Waals surface area contributed by atoms with E-state index in [0.29, 0.717) is 27.1 Å². The fraction of sp³-hybridized carbons (Fsp3) is 0.492. The molecule has 0 radical (unpaired) electrons. The van der Waals surface area contributed by atoms with Crippen molar-refractivity contribution in [2.45, 2.75) is 164 Å². The minimum atomic E-state index is 0.330. The second-order valence-corrected chi connectivity index (χ2v) is 24.9. The Labute approximate surface area is 397 Å². The van der Waals surface area contributed by atoms with Crippen LogP contribution >= 0.6 is 34.8 Å². The van der Waals surface area contributed by atoms with Crippen molar-refractivity contribution in [1.29, 1.82) is 0 Å². The summed E-state index contributed by atoms with van der Waals surface area (Å²) in [5.41, 5.74) is 13.9. The molecule has 0 saturated carbocycles. The molecule has 342 valence electrons. The number of hydrogen-bond acceptors (Lipinski definition) is 0. The minimum Gasteiger partial charge on any atom is -0.0843 e. The summed E-state index contributed by atoms with van der Waals surface area (Å²) in [6.45, 7) is 42.2.